The van der Waals surface area contributed by atoms with Gasteiger partial charge in [-0.25, -0.2) is 9.13 Å². The largest absolute Gasteiger partial charge is 0.472 e. The number of phosphoric ester groups is 2. The quantitative estimate of drug-likeness (QED) is 0.0222. The minimum Gasteiger partial charge on any atom is -0.462 e. The van der Waals surface area contributed by atoms with Crippen LogP contribution in [0.3, 0.4) is 0 Å². The van der Waals surface area contributed by atoms with Crippen LogP contribution in [0.5, 0.6) is 0 Å². The molecule has 0 saturated heterocycles. The normalized spacial score (nSPS) is 14.2. The van der Waals surface area contributed by atoms with E-state index in [1.54, 1.807) is 0 Å². The standard InChI is InChI=1S/C74H144O17P2/c1-64(2)50-42-34-26-19-15-11-9-10-12-17-21-30-38-46-54-71(76)84-60-69(91-74(79)57-49-41-32-24-23-28-36-44-52-66(5)6)62-88-92(80,81)86-58-68(75)59-87-93(82,83)89-63-70(61-85-72(77)55-47-39-33-25-29-37-45-53-67(7)8)90-73(78)56-48-40-31-22-18-14-13-16-20-27-35-43-51-65(3)4/h64-70,75H,9-63H2,1-8H3,(H,80,81)(H,82,83)/t68?,69-,70-/m1/s1. The molecule has 17 nitrogen and oxygen atoms in total. The predicted octanol–water partition coefficient (Wildman–Crippen LogP) is 21.3. The molecule has 0 bridgehead atoms. The second-order valence-corrected chi connectivity index (χ2v) is 31.5. The second-order valence-electron chi connectivity index (χ2n) is 28.6. The van der Waals surface area contributed by atoms with Gasteiger partial charge in [-0.15, -0.1) is 0 Å². The summed E-state index contributed by atoms with van der Waals surface area (Å²) in [5.74, 6) is 0.874. The van der Waals surface area contributed by atoms with Crippen LogP contribution in [0.15, 0.2) is 0 Å². The van der Waals surface area contributed by atoms with Crippen LogP contribution in [0.4, 0.5) is 0 Å². The summed E-state index contributed by atoms with van der Waals surface area (Å²) in [5.41, 5.74) is 0. The van der Waals surface area contributed by atoms with E-state index >= 15 is 0 Å². The lowest BCUT2D eigenvalue weighted by Crippen LogP contribution is -2.30. The summed E-state index contributed by atoms with van der Waals surface area (Å²) in [5, 5.41) is 10.6. The molecule has 552 valence electrons. The van der Waals surface area contributed by atoms with Gasteiger partial charge >= 0.3 is 39.5 Å². The van der Waals surface area contributed by atoms with Gasteiger partial charge in [-0.1, -0.05) is 319 Å². The highest BCUT2D eigenvalue weighted by Crippen LogP contribution is 2.45. The molecule has 0 rings (SSSR count). The maximum absolute atomic E-state index is 13.0. The van der Waals surface area contributed by atoms with Crippen molar-refractivity contribution in [2.75, 3.05) is 39.6 Å². The number of carbonyl (C=O) groups excluding carboxylic acids is 4. The summed E-state index contributed by atoms with van der Waals surface area (Å²) in [6.45, 7) is 14.1. The van der Waals surface area contributed by atoms with Gasteiger partial charge in [0.2, 0.25) is 0 Å². The van der Waals surface area contributed by atoms with Gasteiger partial charge in [-0.2, -0.15) is 0 Å². The monoisotopic (exact) mass is 1370 g/mol. The molecule has 0 amide bonds. The zero-order valence-corrected chi connectivity index (χ0v) is 62.7. The molecular weight excluding hydrogens is 1220 g/mol. The van der Waals surface area contributed by atoms with Gasteiger partial charge in [0.1, 0.15) is 19.3 Å². The highest BCUT2D eigenvalue weighted by atomic mass is 31.2. The van der Waals surface area contributed by atoms with Gasteiger partial charge in [0, 0.05) is 25.7 Å². The molecule has 19 heteroatoms. The average Bonchev–Trinajstić information content (AvgIpc) is 3.51. The number of hydrogen-bond acceptors (Lipinski definition) is 15. The Balaban J connectivity index is 5.22. The molecule has 5 atom stereocenters. The third-order valence-electron chi connectivity index (χ3n) is 17.1. The molecule has 0 aromatic carbocycles. The maximum Gasteiger partial charge on any atom is 0.472 e. The molecule has 0 fully saturated rings. The Morgan fingerprint density at radius 3 is 0.667 bits per heavy atom. The minimum absolute atomic E-state index is 0.104. The summed E-state index contributed by atoms with van der Waals surface area (Å²) in [4.78, 5) is 72.7. The van der Waals surface area contributed by atoms with Gasteiger partial charge in [-0.05, 0) is 49.4 Å². The number of hydrogen-bond donors (Lipinski definition) is 3. The molecule has 0 radical (unpaired) electrons. The van der Waals surface area contributed by atoms with Crippen molar-refractivity contribution in [3.8, 4) is 0 Å². The van der Waals surface area contributed by atoms with E-state index in [2.05, 4.69) is 55.4 Å². The van der Waals surface area contributed by atoms with E-state index in [0.29, 0.717) is 31.6 Å². The van der Waals surface area contributed by atoms with E-state index < -0.39 is 97.5 Å². The Labute approximate surface area is 568 Å². The summed E-state index contributed by atoms with van der Waals surface area (Å²) < 4.78 is 68.4. The molecule has 93 heavy (non-hydrogen) atoms. The van der Waals surface area contributed by atoms with Crippen LogP contribution in [0, 0.1) is 23.7 Å². The van der Waals surface area contributed by atoms with Crippen LogP contribution < -0.4 is 0 Å². The van der Waals surface area contributed by atoms with E-state index in [9.17, 15) is 43.2 Å². The van der Waals surface area contributed by atoms with Crippen molar-refractivity contribution in [1.82, 2.24) is 0 Å². The van der Waals surface area contributed by atoms with Gasteiger partial charge < -0.3 is 33.8 Å². The van der Waals surface area contributed by atoms with Crippen LogP contribution in [-0.2, 0) is 65.4 Å². The zero-order valence-electron chi connectivity index (χ0n) is 60.9. The second kappa shape index (κ2) is 63.5. The number of esters is 4. The SMILES string of the molecule is CC(C)CCCCCCCCCCCCCCCCC(=O)OC[C@H](COP(=O)(O)OCC(O)COP(=O)(O)OC[C@@H](COC(=O)CCCCCCCCCC(C)C)OC(=O)CCCCCCCCCCCCCCC(C)C)OC(=O)CCCCCCCCCCC(C)C. The molecule has 0 aliphatic heterocycles. The van der Waals surface area contributed by atoms with Crippen LogP contribution in [0.2, 0.25) is 0 Å². The lowest BCUT2D eigenvalue weighted by Gasteiger charge is -2.21. The van der Waals surface area contributed by atoms with E-state index in [1.807, 2.05) is 0 Å². The van der Waals surface area contributed by atoms with E-state index in [4.69, 9.17) is 37.0 Å². The lowest BCUT2D eigenvalue weighted by molar-refractivity contribution is -0.161. The van der Waals surface area contributed by atoms with Gasteiger partial charge in [0.05, 0.1) is 26.4 Å². The van der Waals surface area contributed by atoms with Crippen LogP contribution in [0.1, 0.15) is 370 Å². The molecular formula is C74H144O17P2. The Morgan fingerprint density at radius 2 is 0.452 bits per heavy atom. The number of unbranched alkanes of at least 4 members (excludes halogenated alkanes) is 37. The summed E-state index contributed by atoms with van der Waals surface area (Å²) >= 11 is 0. The van der Waals surface area contributed by atoms with Crippen molar-refractivity contribution >= 4 is 39.5 Å². The topological polar surface area (TPSA) is 237 Å². The minimum atomic E-state index is -4.95. The fourth-order valence-corrected chi connectivity index (χ4v) is 12.8. The van der Waals surface area contributed by atoms with Crippen LogP contribution in [0.25, 0.3) is 0 Å². The Bertz CT molecular complexity index is 1830. The Hall–Kier alpha value is -1.94. The molecule has 0 saturated carbocycles. The molecule has 0 aromatic rings. The molecule has 0 heterocycles. The summed E-state index contributed by atoms with van der Waals surface area (Å²) in [6.07, 6.45) is 47.3. The van der Waals surface area contributed by atoms with E-state index in [1.165, 1.54) is 167 Å². The van der Waals surface area contributed by atoms with Crippen molar-refractivity contribution in [2.24, 2.45) is 23.7 Å². The fraction of sp³-hybridized carbons (Fsp3) is 0.946. The lowest BCUT2D eigenvalue weighted by atomic mass is 10.0. The first-order valence-electron chi connectivity index (χ1n) is 38.2. The summed E-state index contributed by atoms with van der Waals surface area (Å²) in [7, 11) is -9.91. The van der Waals surface area contributed by atoms with Crippen molar-refractivity contribution in [1.29, 1.82) is 0 Å². The third kappa shape index (κ3) is 68.4. The molecule has 0 aromatic heterocycles. The first kappa shape index (κ1) is 91.1. The number of rotatable bonds is 71. The molecule has 3 unspecified atom stereocenters. The van der Waals surface area contributed by atoms with Crippen LogP contribution in [-0.4, -0.2) is 96.7 Å². The number of ether oxygens (including phenoxy) is 4. The first-order chi connectivity index (χ1) is 44.6. The smallest absolute Gasteiger partial charge is 0.462 e. The molecule has 0 aliphatic rings. The number of aliphatic hydroxyl groups is 1. The Morgan fingerprint density at radius 1 is 0.269 bits per heavy atom. The highest BCUT2D eigenvalue weighted by Gasteiger charge is 2.30. The van der Waals surface area contributed by atoms with Crippen molar-refractivity contribution in [2.45, 2.75) is 388 Å². The average molecular weight is 1370 g/mol. The third-order valence-corrected chi connectivity index (χ3v) is 19.0. The maximum atomic E-state index is 13.0. The fourth-order valence-electron chi connectivity index (χ4n) is 11.2. The number of aliphatic hydroxyl groups excluding tert-OH is 1. The van der Waals surface area contributed by atoms with Crippen molar-refractivity contribution in [3.05, 3.63) is 0 Å². The van der Waals surface area contributed by atoms with Gasteiger partial charge in [0.15, 0.2) is 12.2 Å². The first-order valence-corrected chi connectivity index (χ1v) is 41.2. The highest BCUT2D eigenvalue weighted by molar-refractivity contribution is 7.47. The summed E-state index contributed by atoms with van der Waals surface area (Å²) in [6, 6.07) is 0. The zero-order chi connectivity index (χ0) is 68.9. The Kier molecular flexibility index (Phi) is 62.2. The van der Waals surface area contributed by atoms with E-state index in [-0.39, 0.29) is 25.7 Å². The number of phosphoric acid groups is 2. The van der Waals surface area contributed by atoms with Crippen molar-refractivity contribution in [3.63, 3.8) is 0 Å². The van der Waals surface area contributed by atoms with Crippen LogP contribution >= 0.6 is 15.6 Å². The molecule has 0 aliphatic carbocycles. The van der Waals surface area contributed by atoms with Gasteiger partial charge in [-0.3, -0.25) is 37.3 Å². The van der Waals surface area contributed by atoms with Gasteiger partial charge in [0.25, 0.3) is 0 Å². The molecule has 3 N–H and O–H groups in total. The predicted molar refractivity (Wildman–Crippen MR) is 377 cm³/mol. The molecule has 0 spiro atoms. The van der Waals surface area contributed by atoms with Crippen molar-refractivity contribution < 1.29 is 80.2 Å². The number of carbonyl (C=O) groups is 4. The van der Waals surface area contributed by atoms with E-state index in [0.717, 1.165) is 114 Å².